The smallest absolute Gasteiger partial charge is 0.0223 e. The van der Waals surface area contributed by atoms with Crippen LogP contribution in [0.1, 0.15) is 19.8 Å². The Kier molecular flexibility index (Phi) is 14.2. The Morgan fingerprint density at radius 3 is 2.00 bits per heavy atom. The second-order valence-electron chi connectivity index (χ2n) is 1.04. The van der Waals surface area contributed by atoms with Gasteiger partial charge in [0.25, 0.3) is 0 Å². The monoisotopic (exact) mass is 112 g/mol. The van der Waals surface area contributed by atoms with Crippen LogP contribution in [0.25, 0.3) is 0 Å². The highest BCUT2D eigenvalue weighted by Crippen LogP contribution is 1.86. The fourth-order valence-corrected chi connectivity index (χ4v) is 0.401. The zero-order valence-corrected chi connectivity index (χ0v) is 4.66. The molecule has 2 heteroatoms. The normalized spacial score (nSPS) is 7.00. The van der Waals surface area contributed by atoms with Crippen LogP contribution in [0.3, 0.4) is 0 Å². The van der Waals surface area contributed by atoms with Gasteiger partial charge in [-0.25, -0.2) is 0 Å². The molecule has 0 atom stereocenters. The van der Waals surface area contributed by atoms with Crippen LogP contribution >= 0.6 is 11.6 Å². The van der Waals surface area contributed by atoms with Crippen molar-refractivity contribution in [2.24, 2.45) is 0 Å². The molecule has 0 bridgehead atoms. The highest BCUT2D eigenvalue weighted by molar-refractivity contribution is 6.17. The van der Waals surface area contributed by atoms with E-state index in [4.69, 9.17) is 11.6 Å². The van der Waals surface area contributed by atoms with E-state index in [-0.39, 0.29) is 4.70 Å². The summed E-state index contributed by atoms with van der Waals surface area (Å²) in [6.45, 7) is 2.13. The van der Waals surface area contributed by atoms with Crippen LogP contribution in [0.15, 0.2) is 0 Å². The molecule has 40 valence electrons. The molecule has 0 aliphatic heterocycles. The number of hydrogen-bond acceptors (Lipinski definition) is 0. The highest BCUT2D eigenvalue weighted by atomic mass is 35.5. The molecule has 0 aromatic rings. The zero-order chi connectivity index (χ0) is 4.12. The molecule has 0 heterocycles. The predicted octanol–water partition coefficient (Wildman–Crippen LogP) is 2.18. The van der Waals surface area contributed by atoms with E-state index in [1.54, 1.807) is 0 Å². The summed E-state index contributed by atoms with van der Waals surface area (Å²) in [4.78, 5) is 0. The van der Waals surface area contributed by atoms with Crippen LogP contribution < -0.4 is 0 Å². The molecule has 0 unspecified atom stereocenters. The summed E-state index contributed by atoms with van der Waals surface area (Å²) in [5.74, 6) is 0.816. The Bertz CT molecular complexity index is 15.0. The van der Waals surface area contributed by atoms with Gasteiger partial charge in [0.15, 0.2) is 0 Å². The van der Waals surface area contributed by atoms with Crippen molar-refractivity contribution in [3.8, 4) is 0 Å². The molecular weight excluding hydrogens is 102 g/mol. The first kappa shape index (κ1) is 9.52. The Morgan fingerprint density at radius 2 is 2.00 bits per heavy atom. The Hall–Kier alpha value is 0.220. The van der Waals surface area contributed by atoms with Gasteiger partial charge in [-0.15, -0.1) is 11.6 Å². The first-order valence-electron chi connectivity index (χ1n) is 1.97. The summed E-state index contributed by atoms with van der Waals surface area (Å²) in [6.07, 6.45) is 2.37. The van der Waals surface area contributed by atoms with Crippen LogP contribution in [0, 0.1) is 0 Å². The van der Waals surface area contributed by atoms with Crippen molar-refractivity contribution < 1.29 is 4.70 Å². The van der Waals surface area contributed by atoms with Crippen LogP contribution in [0.5, 0.6) is 0 Å². The lowest BCUT2D eigenvalue weighted by Crippen LogP contribution is -1.65. The van der Waals surface area contributed by atoms with Gasteiger partial charge in [-0.2, -0.15) is 0 Å². The van der Waals surface area contributed by atoms with Gasteiger partial charge in [0.2, 0.25) is 0 Å². The number of hydrogen-bond donors (Lipinski definition) is 0. The fourth-order valence-electron chi connectivity index (χ4n) is 0.134. The Balaban J connectivity index is 0. The highest BCUT2D eigenvalue weighted by Gasteiger charge is 1.70. The van der Waals surface area contributed by atoms with Crippen molar-refractivity contribution in [1.82, 2.24) is 0 Å². The molecule has 6 heavy (non-hydrogen) atoms. The summed E-state index contributed by atoms with van der Waals surface area (Å²) >= 11 is 5.30. The van der Waals surface area contributed by atoms with Crippen LogP contribution in [0.2, 0.25) is 0 Å². The summed E-state index contributed by atoms with van der Waals surface area (Å²) in [5, 5.41) is 0. The average Bonchev–Trinajstić information content (AvgIpc) is 1.41. The molecule has 0 saturated carbocycles. The third-order valence-corrected chi connectivity index (χ3v) is 0.754. The molecule has 0 fully saturated rings. The Morgan fingerprint density at radius 1 is 1.50 bits per heavy atom. The Labute approximate surface area is 42.9 Å². The van der Waals surface area contributed by atoms with Crippen molar-refractivity contribution in [1.29, 1.82) is 0 Å². The summed E-state index contributed by atoms with van der Waals surface area (Å²) < 4.78 is 0. The number of halogens is 2. The van der Waals surface area contributed by atoms with Gasteiger partial charge in [-0.05, 0) is 6.42 Å². The van der Waals surface area contributed by atoms with E-state index in [1.165, 1.54) is 6.42 Å². The minimum Gasteiger partial charge on any atom is -0.269 e. The molecule has 0 spiro atoms. The topological polar surface area (TPSA) is 0 Å². The van der Waals surface area contributed by atoms with Gasteiger partial charge in [-0.1, -0.05) is 13.3 Å². The molecule has 0 amide bonds. The summed E-state index contributed by atoms with van der Waals surface area (Å²) in [7, 11) is 0. The van der Waals surface area contributed by atoms with Crippen molar-refractivity contribution >= 4 is 11.6 Å². The third-order valence-electron chi connectivity index (χ3n) is 0.487. The molecular formula is C4H10ClF. The first-order chi connectivity index (χ1) is 2.41. The van der Waals surface area contributed by atoms with E-state index in [1.807, 2.05) is 0 Å². The standard InChI is InChI=1S/C4H9Cl.FH/c1-2-3-4-5;/h2-4H2,1H3;1H. The minimum atomic E-state index is 0. The van der Waals surface area contributed by atoms with Crippen molar-refractivity contribution in [3.05, 3.63) is 0 Å². The predicted molar refractivity (Wildman–Crippen MR) is 28.1 cm³/mol. The lowest BCUT2D eigenvalue weighted by molar-refractivity contribution is 0.892. The quantitative estimate of drug-likeness (QED) is 0.481. The van der Waals surface area contributed by atoms with Crippen LogP contribution in [-0.4, -0.2) is 5.88 Å². The lowest BCUT2D eigenvalue weighted by Gasteiger charge is -1.77. The summed E-state index contributed by atoms with van der Waals surface area (Å²) in [5.41, 5.74) is 0. The number of rotatable bonds is 2. The maximum atomic E-state index is 5.30. The maximum absolute atomic E-state index is 5.30. The largest absolute Gasteiger partial charge is 0.269 e. The van der Waals surface area contributed by atoms with Crippen molar-refractivity contribution in [2.75, 3.05) is 5.88 Å². The molecule has 0 N–H and O–H groups in total. The molecule has 0 rings (SSSR count). The molecule has 0 aromatic heterocycles. The van der Waals surface area contributed by atoms with Crippen LogP contribution in [0.4, 0.5) is 4.70 Å². The van der Waals surface area contributed by atoms with E-state index in [0.717, 1.165) is 12.3 Å². The van der Waals surface area contributed by atoms with Gasteiger partial charge < -0.3 is 0 Å². The number of alkyl halides is 1. The van der Waals surface area contributed by atoms with Gasteiger partial charge in [-0.3, -0.25) is 4.70 Å². The third kappa shape index (κ3) is 8.88. The SMILES string of the molecule is CCCCCl.F. The van der Waals surface area contributed by atoms with Crippen LogP contribution in [-0.2, 0) is 0 Å². The minimum absolute atomic E-state index is 0. The lowest BCUT2D eigenvalue weighted by atomic mass is 10.4. The fraction of sp³-hybridized carbons (Fsp3) is 1.00. The molecule has 0 saturated heterocycles. The molecule has 0 aliphatic carbocycles. The van der Waals surface area contributed by atoms with Crippen molar-refractivity contribution in [2.45, 2.75) is 19.8 Å². The van der Waals surface area contributed by atoms with Gasteiger partial charge in [0.1, 0.15) is 0 Å². The van der Waals surface area contributed by atoms with Gasteiger partial charge in [0.05, 0.1) is 0 Å². The van der Waals surface area contributed by atoms with E-state index >= 15 is 0 Å². The molecule has 0 aliphatic rings. The van der Waals surface area contributed by atoms with Gasteiger partial charge in [0, 0.05) is 5.88 Å². The van der Waals surface area contributed by atoms with Gasteiger partial charge >= 0.3 is 0 Å². The molecule has 0 radical (unpaired) electrons. The zero-order valence-electron chi connectivity index (χ0n) is 3.91. The average molecular weight is 113 g/mol. The van der Waals surface area contributed by atoms with E-state index in [0.29, 0.717) is 0 Å². The molecule has 0 aromatic carbocycles. The number of unbranched alkanes of at least 4 members (excludes halogenated alkanes) is 1. The first-order valence-corrected chi connectivity index (χ1v) is 2.51. The van der Waals surface area contributed by atoms with E-state index in [9.17, 15) is 0 Å². The van der Waals surface area contributed by atoms with E-state index < -0.39 is 0 Å². The van der Waals surface area contributed by atoms with E-state index in [2.05, 4.69) is 6.92 Å². The second kappa shape index (κ2) is 8.97. The summed E-state index contributed by atoms with van der Waals surface area (Å²) in [6, 6.07) is 0. The van der Waals surface area contributed by atoms with Crippen molar-refractivity contribution in [3.63, 3.8) is 0 Å². The second-order valence-corrected chi connectivity index (χ2v) is 1.42. The molecule has 0 nitrogen and oxygen atoms in total. The maximum Gasteiger partial charge on any atom is 0.0223 e.